The number of amides is 1. The minimum atomic E-state index is -0.559. The normalized spacial score (nSPS) is 10.3. The molecule has 0 aliphatic rings. The summed E-state index contributed by atoms with van der Waals surface area (Å²) < 4.78 is 5.53. The van der Waals surface area contributed by atoms with E-state index in [1.807, 2.05) is 0 Å². The van der Waals surface area contributed by atoms with Gasteiger partial charge in [-0.05, 0) is 30.3 Å². The third kappa shape index (κ3) is 3.74. The summed E-state index contributed by atoms with van der Waals surface area (Å²) in [5.41, 5.74) is -0.123. The summed E-state index contributed by atoms with van der Waals surface area (Å²) in [6.45, 7) is 0. The van der Waals surface area contributed by atoms with Crippen molar-refractivity contribution in [1.29, 1.82) is 0 Å². The van der Waals surface area contributed by atoms with Gasteiger partial charge in [0.15, 0.2) is 0 Å². The summed E-state index contributed by atoms with van der Waals surface area (Å²) in [6, 6.07) is 10.0. The largest absolute Gasteiger partial charge is 0.439 e. The van der Waals surface area contributed by atoms with Crippen LogP contribution in [0.15, 0.2) is 47.4 Å². The zero-order chi connectivity index (χ0) is 16.2. The number of aromatic amines is 2. The number of benzene rings is 1. The molecule has 0 atom stereocenters. The van der Waals surface area contributed by atoms with Gasteiger partial charge >= 0.3 is 5.69 Å². The number of aromatic nitrogens is 4. The first-order valence-electron chi connectivity index (χ1n) is 6.46. The van der Waals surface area contributed by atoms with E-state index in [-0.39, 0.29) is 5.82 Å². The summed E-state index contributed by atoms with van der Waals surface area (Å²) in [6.07, 6.45) is 1.42. The number of carbonyl (C=O) groups excluding carboxylic acids is 1. The molecule has 8 nitrogen and oxygen atoms in total. The predicted octanol–water partition coefficient (Wildman–Crippen LogP) is 2.19. The van der Waals surface area contributed by atoms with Crippen LogP contribution in [0.5, 0.6) is 11.6 Å². The Morgan fingerprint density at radius 1 is 1.17 bits per heavy atom. The molecule has 3 aromatic rings. The summed E-state index contributed by atoms with van der Waals surface area (Å²) >= 11 is 5.80. The Labute approximate surface area is 134 Å². The lowest BCUT2D eigenvalue weighted by Crippen LogP contribution is -2.15. The van der Waals surface area contributed by atoms with Crippen molar-refractivity contribution < 1.29 is 9.53 Å². The van der Waals surface area contributed by atoms with Gasteiger partial charge in [0, 0.05) is 11.1 Å². The van der Waals surface area contributed by atoms with Crippen molar-refractivity contribution in [1.82, 2.24) is 20.2 Å². The number of anilines is 1. The fourth-order valence-corrected chi connectivity index (χ4v) is 1.83. The van der Waals surface area contributed by atoms with Gasteiger partial charge in [-0.1, -0.05) is 11.6 Å². The average molecular weight is 332 g/mol. The number of ether oxygens (including phenoxy) is 1. The highest BCUT2D eigenvalue weighted by Crippen LogP contribution is 2.22. The second-order valence-electron chi connectivity index (χ2n) is 4.42. The molecule has 23 heavy (non-hydrogen) atoms. The van der Waals surface area contributed by atoms with Crippen molar-refractivity contribution in [2.24, 2.45) is 0 Å². The molecule has 9 heteroatoms. The Bertz CT molecular complexity index is 870. The van der Waals surface area contributed by atoms with Gasteiger partial charge < -0.3 is 10.1 Å². The van der Waals surface area contributed by atoms with Gasteiger partial charge in [-0.25, -0.2) is 14.9 Å². The Balaban J connectivity index is 1.66. The van der Waals surface area contributed by atoms with Crippen LogP contribution in [-0.4, -0.2) is 26.1 Å². The highest BCUT2D eigenvalue weighted by Gasteiger charge is 2.10. The van der Waals surface area contributed by atoms with E-state index in [9.17, 15) is 9.59 Å². The van der Waals surface area contributed by atoms with Gasteiger partial charge in [0.1, 0.15) is 5.75 Å². The van der Waals surface area contributed by atoms with Crippen LogP contribution in [0.2, 0.25) is 5.02 Å². The van der Waals surface area contributed by atoms with Gasteiger partial charge in [0.05, 0.1) is 11.9 Å². The summed E-state index contributed by atoms with van der Waals surface area (Å²) in [5.74, 6) is 0.277. The molecule has 2 aromatic heterocycles. The van der Waals surface area contributed by atoms with Crippen LogP contribution in [0, 0.1) is 0 Å². The molecular weight excluding hydrogens is 322 g/mol. The lowest BCUT2D eigenvalue weighted by atomic mass is 10.3. The molecule has 0 aliphatic heterocycles. The standard InChI is InChI=1S/C14H10ClN5O3/c15-8-1-4-10(5-2-8)23-11-6-3-9(7-16-11)17-13(21)12-18-14(22)20-19-12/h1-7H,(H,17,21)(H2,18,19,20,22). The molecule has 0 bridgehead atoms. The SMILES string of the molecule is O=C(Nc1ccc(Oc2ccc(Cl)cc2)nc1)c1n[nH]c(=O)[nH]1. The maximum Gasteiger partial charge on any atom is 0.341 e. The Morgan fingerprint density at radius 3 is 2.57 bits per heavy atom. The Morgan fingerprint density at radius 2 is 1.96 bits per heavy atom. The van der Waals surface area contributed by atoms with Crippen molar-refractivity contribution in [2.75, 3.05) is 5.32 Å². The van der Waals surface area contributed by atoms with Crippen molar-refractivity contribution in [3.05, 3.63) is 63.9 Å². The summed E-state index contributed by atoms with van der Waals surface area (Å²) in [5, 5.41) is 8.79. The molecular formula is C14H10ClN5O3. The van der Waals surface area contributed by atoms with Gasteiger partial charge in [-0.2, -0.15) is 0 Å². The molecule has 3 rings (SSSR count). The fourth-order valence-electron chi connectivity index (χ4n) is 1.71. The number of halogens is 1. The van der Waals surface area contributed by atoms with Gasteiger partial charge in [-0.3, -0.25) is 9.78 Å². The first-order valence-corrected chi connectivity index (χ1v) is 6.83. The van der Waals surface area contributed by atoms with E-state index >= 15 is 0 Å². The summed E-state index contributed by atoms with van der Waals surface area (Å²) in [4.78, 5) is 29.0. The van der Waals surface area contributed by atoms with E-state index in [1.165, 1.54) is 6.20 Å². The highest BCUT2D eigenvalue weighted by atomic mass is 35.5. The molecule has 3 N–H and O–H groups in total. The third-order valence-corrected chi connectivity index (χ3v) is 3.00. The van der Waals surface area contributed by atoms with Crippen LogP contribution in [0.3, 0.4) is 0 Å². The molecule has 1 aromatic carbocycles. The number of hydrogen-bond acceptors (Lipinski definition) is 5. The Hall–Kier alpha value is -3.13. The second-order valence-corrected chi connectivity index (χ2v) is 4.86. The zero-order valence-corrected chi connectivity index (χ0v) is 12.3. The quantitative estimate of drug-likeness (QED) is 0.678. The van der Waals surface area contributed by atoms with E-state index in [0.717, 1.165) is 0 Å². The van der Waals surface area contributed by atoms with E-state index < -0.39 is 11.6 Å². The lowest BCUT2D eigenvalue weighted by Gasteiger charge is -2.06. The molecule has 0 aliphatic carbocycles. The van der Waals surface area contributed by atoms with Crippen molar-refractivity contribution in [3.8, 4) is 11.6 Å². The zero-order valence-electron chi connectivity index (χ0n) is 11.5. The number of rotatable bonds is 4. The Kier molecular flexibility index (Phi) is 4.07. The van der Waals surface area contributed by atoms with E-state index in [0.29, 0.717) is 22.3 Å². The lowest BCUT2D eigenvalue weighted by molar-refractivity contribution is 0.101. The molecule has 116 valence electrons. The van der Waals surface area contributed by atoms with Crippen LogP contribution in [0.4, 0.5) is 5.69 Å². The monoisotopic (exact) mass is 331 g/mol. The predicted molar refractivity (Wildman–Crippen MR) is 82.9 cm³/mol. The molecule has 0 spiro atoms. The number of carbonyl (C=O) groups is 1. The second kappa shape index (κ2) is 6.32. The first kappa shape index (κ1) is 14.8. The topological polar surface area (TPSA) is 113 Å². The molecule has 0 unspecified atom stereocenters. The average Bonchev–Trinajstić information content (AvgIpc) is 2.98. The van der Waals surface area contributed by atoms with Crippen LogP contribution >= 0.6 is 11.6 Å². The van der Waals surface area contributed by atoms with Crippen LogP contribution in [-0.2, 0) is 0 Å². The van der Waals surface area contributed by atoms with Gasteiger partial charge in [-0.15, -0.1) is 5.10 Å². The molecule has 1 amide bonds. The van der Waals surface area contributed by atoms with E-state index in [1.54, 1.807) is 36.4 Å². The van der Waals surface area contributed by atoms with E-state index in [2.05, 4.69) is 25.5 Å². The van der Waals surface area contributed by atoms with Crippen LogP contribution < -0.4 is 15.7 Å². The first-order chi connectivity index (χ1) is 11.1. The van der Waals surface area contributed by atoms with Crippen LogP contribution in [0.1, 0.15) is 10.6 Å². The number of nitrogens with zero attached hydrogens (tertiary/aromatic N) is 2. The van der Waals surface area contributed by atoms with Crippen molar-refractivity contribution in [2.45, 2.75) is 0 Å². The van der Waals surface area contributed by atoms with Crippen molar-refractivity contribution >= 4 is 23.2 Å². The molecule has 0 saturated heterocycles. The maximum absolute atomic E-state index is 11.8. The van der Waals surface area contributed by atoms with Crippen molar-refractivity contribution in [3.63, 3.8) is 0 Å². The number of nitrogens with one attached hydrogen (secondary N) is 3. The summed E-state index contributed by atoms with van der Waals surface area (Å²) in [7, 11) is 0. The molecule has 0 fully saturated rings. The number of pyridine rings is 1. The molecule has 0 radical (unpaired) electrons. The highest BCUT2D eigenvalue weighted by molar-refractivity contribution is 6.30. The minimum Gasteiger partial charge on any atom is -0.439 e. The molecule has 2 heterocycles. The smallest absolute Gasteiger partial charge is 0.341 e. The third-order valence-electron chi connectivity index (χ3n) is 2.75. The fraction of sp³-hybridized carbons (Fsp3) is 0. The minimum absolute atomic E-state index is 0.114. The van der Waals surface area contributed by atoms with Gasteiger partial charge in [0.2, 0.25) is 11.7 Å². The maximum atomic E-state index is 11.8. The van der Waals surface area contributed by atoms with Crippen LogP contribution in [0.25, 0.3) is 0 Å². The number of H-pyrrole nitrogens is 2. The number of hydrogen-bond donors (Lipinski definition) is 3. The van der Waals surface area contributed by atoms with E-state index in [4.69, 9.17) is 16.3 Å². The van der Waals surface area contributed by atoms with Gasteiger partial charge in [0.25, 0.3) is 5.91 Å². The molecule has 0 saturated carbocycles.